The van der Waals surface area contributed by atoms with Crippen molar-refractivity contribution in [3.63, 3.8) is 0 Å². The zero-order chi connectivity index (χ0) is 11.6. The van der Waals surface area contributed by atoms with E-state index in [-0.39, 0.29) is 23.9 Å². The van der Waals surface area contributed by atoms with Crippen LogP contribution in [0.1, 0.15) is 30.3 Å². The normalized spacial score (nSPS) is 18.2. The van der Waals surface area contributed by atoms with Gasteiger partial charge < -0.3 is 15.6 Å². The van der Waals surface area contributed by atoms with Gasteiger partial charge in [-0.3, -0.25) is 4.79 Å². The van der Waals surface area contributed by atoms with E-state index >= 15 is 0 Å². The number of H-pyrrole nitrogens is 1. The van der Waals surface area contributed by atoms with Gasteiger partial charge in [0.1, 0.15) is 5.69 Å². The second-order valence-electron chi connectivity index (χ2n) is 4.50. The van der Waals surface area contributed by atoms with Crippen molar-refractivity contribution in [1.29, 1.82) is 0 Å². The lowest BCUT2D eigenvalue weighted by molar-refractivity contribution is 0.0883. The Balaban J connectivity index is 0.00000144. The van der Waals surface area contributed by atoms with Crippen LogP contribution in [0.4, 0.5) is 0 Å². The largest absolute Gasteiger partial charge is 0.356 e. The number of amides is 1. The third kappa shape index (κ3) is 3.63. The standard InChI is InChI=1S/C11H16ClN3O.ClH/c1-11(2-4-13-5-3-11)15-10(16)9-6-8(12)7-14-9;/h6-7,13-14H,2-5H2,1H3,(H,15,16);1H. The van der Waals surface area contributed by atoms with Crippen LogP contribution >= 0.6 is 24.0 Å². The Labute approximate surface area is 112 Å². The van der Waals surface area contributed by atoms with Crippen molar-refractivity contribution in [2.24, 2.45) is 0 Å². The van der Waals surface area contributed by atoms with E-state index in [1.807, 2.05) is 0 Å². The van der Waals surface area contributed by atoms with Crippen LogP contribution in [0.2, 0.25) is 5.02 Å². The van der Waals surface area contributed by atoms with Gasteiger partial charge in [0.2, 0.25) is 0 Å². The van der Waals surface area contributed by atoms with Crippen molar-refractivity contribution in [2.45, 2.75) is 25.3 Å². The summed E-state index contributed by atoms with van der Waals surface area (Å²) in [5.74, 6) is -0.0868. The van der Waals surface area contributed by atoms with Crippen molar-refractivity contribution in [1.82, 2.24) is 15.6 Å². The van der Waals surface area contributed by atoms with E-state index < -0.39 is 0 Å². The summed E-state index contributed by atoms with van der Waals surface area (Å²) in [5, 5.41) is 6.89. The number of nitrogens with one attached hydrogen (secondary N) is 3. The molecule has 0 radical (unpaired) electrons. The van der Waals surface area contributed by atoms with Crippen LogP contribution in [0.5, 0.6) is 0 Å². The maximum atomic E-state index is 11.9. The van der Waals surface area contributed by atoms with Crippen LogP contribution in [0.25, 0.3) is 0 Å². The molecule has 0 aliphatic carbocycles. The number of piperidine rings is 1. The van der Waals surface area contributed by atoms with Gasteiger partial charge in [0, 0.05) is 11.7 Å². The summed E-state index contributed by atoms with van der Waals surface area (Å²) >= 11 is 5.76. The van der Waals surface area contributed by atoms with E-state index in [1.54, 1.807) is 12.3 Å². The Morgan fingerprint density at radius 1 is 1.47 bits per heavy atom. The Morgan fingerprint density at radius 2 is 2.12 bits per heavy atom. The molecule has 0 aromatic carbocycles. The van der Waals surface area contributed by atoms with Crippen molar-refractivity contribution in [3.8, 4) is 0 Å². The lowest BCUT2D eigenvalue weighted by Crippen LogP contribution is -2.52. The van der Waals surface area contributed by atoms with Gasteiger partial charge in [-0.05, 0) is 38.9 Å². The molecule has 6 heteroatoms. The number of halogens is 2. The molecule has 0 bridgehead atoms. The third-order valence-corrected chi connectivity index (χ3v) is 3.23. The Bertz CT molecular complexity index is 386. The van der Waals surface area contributed by atoms with Crippen LogP contribution in [-0.2, 0) is 0 Å². The molecule has 1 aliphatic heterocycles. The van der Waals surface area contributed by atoms with E-state index in [9.17, 15) is 4.79 Å². The molecule has 17 heavy (non-hydrogen) atoms. The van der Waals surface area contributed by atoms with Crippen molar-refractivity contribution >= 4 is 29.9 Å². The SMILES string of the molecule is CC1(NC(=O)c2cc(Cl)c[nH]2)CCNCC1.Cl. The molecular weight excluding hydrogens is 261 g/mol. The summed E-state index contributed by atoms with van der Waals surface area (Å²) in [6, 6.07) is 1.64. The fraction of sp³-hybridized carbons (Fsp3) is 0.545. The summed E-state index contributed by atoms with van der Waals surface area (Å²) < 4.78 is 0. The van der Waals surface area contributed by atoms with Gasteiger partial charge in [-0.25, -0.2) is 0 Å². The Morgan fingerprint density at radius 3 is 2.65 bits per heavy atom. The molecule has 1 saturated heterocycles. The minimum absolute atomic E-state index is 0. The first-order valence-corrected chi connectivity index (χ1v) is 5.84. The molecule has 1 aromatic rings. The Kier molecular flexibility index (Phi) is 4.86. The van der Waals surface area contributed by atoms with Crippen LogP contribution in [0.15, 0.2) is 12.3 Å². The summed E-state index contributed by atoms with van der Waals surface area (Å²) in [7, 11) is 0. The maximum Gasteiger partial charge on any atom is 0.268 e. The molecule has 0 unspecified atom stereocenters. The molecule has 1 aromatic heterocycles. The fourth-order valence-electron chi connectivity index (χ4n) is 1.94. The van der Waals surface area contributed by atoms with E-state index in [1.165, 1.54) is 0 Å². The van der Waals surface area contributed by atoms with Gasteiger partial charge in [0.15, 0.2) is 0 Å². The monoisotopic (exact) mass is 277 g/mol. The molecule has 1 amide bonds. The predicted octanol–water partition coefficient (Wildman–Crippen LogP) is 1.96. The molecule has 1 fully saturated rings. The highest BCUT2D eigenvalue weighted by atomic mass is 35.5. The van der Waals surface area contributed by atoms with Crippen LogP contribution in [-0.4, -0.2) is 29.5 Å². The van der Waals surface area contributed by atoms with Crippen LogP contribution in [0.3, 0.4) is 0 Å². The van der Waals surface area contributed by atoms with Gasteiger partial charge in [0.05, 0.1) is 5.02 Å². The van der Waals surface area contributed by atoms with Crippen LogP contribution < -0.4 is 10.6 Å². The molecule has 4 nitrogen and oxygen atoms in total. The second kappa shape index (κ2) is 5.76. The molecule has 0 spiro atoms. The van der Waals surface area contributed by atoms with Gasteiger partial charge >= 0.3 is 0 Å². The van der Waals surface area contributed by atoms with Crippen molar-refractivity contribution in [3.05, 3.63) is 23.0 Å². The average Bonchev–Trinajstić information content (AvgIpc) is 2.65. The summed E-state index contributed by atoms with van der Waals surface area (Å²) in [6.07, 6.45) is 3.52. The van der Waals surface area contributed by atoms with E-state index in [0.29, 0.717) is 10.7 Å². The van der Waals surface area contributed by atoms with Crippen molar-refractivity contribution < 1.29 is 4.79 Å². The highest BCUT2D eigenvalue weighted by molar-refractivity contribution is 6.30. The number of rotatable bonds is 2. The highest BCUT2D eigenvalue weighted by Gasteiger charge is 2.28. The first-order valence-electron chi connectivity index (χ1n) is 5.46. The van der Waals surface area contributed by atoms with E-state index in [2.05, 4.69) is 22.5 Å². The minimum Gasteiger partial charge on any atom is -0.356 e. The van der Waals surface area contributed by atoms with Gasteiger partial charge in [-0.1, -0.05) is 11.6 Å². The molecule has 1 aliphatic rings. The lowest BCUT2D eigenvalue weighted by Gasteiger charge is -2.34. The van der Waals surface area contributed by atoms with E-state index in [4.69, 9.17) is 11.6 Å². The molecule has 2 rings (SSSR count). The highest BCUT2D eigenvalue weighted by Crippen LogP contribution is 2.18. The average molecular weight is 278 g/mol. The lowest BCUT2D eigenvalue weighted by atomic mass is 9.90. The minimum atomic E-state index is -0.111. The van der Waals surface area contributed by atoms with Crippen LogP contribution in [0, 0.1) is 0 Å². The number of carbonyl (C=O) groups is 1. The predicted molar refractivity (Wildman–Crippen MR) is 71.0 cm³/mol. The molecular formula is C11H17Cl2N3O. The number of carbonyl (C=O) groups excluding carboxylic acids is 1. The zero-order valence-electron chi connectivity index (χ0n) is 9.68. The second-order valence-corrected chi connectivity index (χ2v) is 4.93. The number of hydrogen-bond acceptors (Lipinski definition) is 2. The van der Waals surface area contributed by atoms with E-state index in [0.717, 1.165) is 25.9 Å². The van der Waals surface area contributed by atoms with Crippen molar-refractivity contribution in [2.75, 3.05) is 13.1 Å². The number of aromatic nitrogens is 1. The zero-order valence-corrected chi connectivity index (χ0v) is 11.3. The van der Waals surface area contributed by atoms with Gasteiger partial charge in [-0.2, -0.15) is 0 Å². The molecule has 3 N–H and O–H groups in total. The fourth-order valence-corrected chi connectivity index (χ4v) is 2.11. The number of hydrogen-bond donors (Lipinski definition) is 3. The summed E-state index contributed by atoms with van der Waals surface area (Å²) in [4.78, 5) is 14.8. The molecule has 2 heterocycles. The smallest absolute Gasteiger partial charge is 0.268 e. The topological polar surface area (TPSA) is 56.9 Å². The number of aromatic amines is 1. The molecule has 0 atom stereocenters. The maximum absolute atomic E-state index is 11.9. The molecule has 96 valence electrons. The first kappa shape index (κ1) is 14.4. The molecule has 0 saturated carbocycles. The van der Waals surface area contributed by atoms with Gasteiger partial charge in [0.25, 0.3) is 5.91 Å². The quantitative estimate of drug-likeness (QED) is 0.774. The summed E-state index contributed by atoms with van der Waals surface area (Å²) in [5.41, 5.74) is 0.407. The first-order chi connectivity index (χ1) is 7.59. The summed E-state index contributed by atoms with van der Waals surface area (Å²) in [6.45, 7) is 3.97. The van der Waals surface area contributed by atoms with Gasteiger partial charge in [-0.15, -0.1) is 12.4 Å². The third-order valence-electron chi connectivity index (χ3n) is 3.01. The Hall–Kier alpha value is -0.710.